The summed E-state index contributed by atoms with van der Waals surface area (Å²) in [5, 5.41) is 13.8. The molecule has 1 aliphatic heterocycles. The number of anilines is 1. The largest absolute Gasteiger partial charge is 0.506 e. The number of aromatic hydroxyl groups is 1. The van der Waals surface area contributed by atoms with E-state index in [2.05, 4.69) is 22.5 Å². The van der Waals surface area contributed by atoms with Crippen LogP contribution >= 0.6 is 11.8 Å². The summed E-state index contributed by atoms with van der Waals surface area (Å²) in [5.41, 5.74) is 1.61. The lowest BCUT2D eigenvalue weighted by molar-refractivity contribution is -0.119. The Labute approximate surface area is 154 Å². The summed E-state index contributed by atoms with van der Waals surface area (Å²) in [6.07, 6.45) is 0.307. The van der Waals surface area contributed by atoms with Gasteiger partial charge in [0.25, 0.3) is 5.24 Å². The highest BCUT2D eigenvalue weighted by atomic mass is 32.2. The molecule has 1 saturated heterocycles. The smallest absolute Gasteiger partial charge is 0.300 e. The van der Waals surface area contributed by atoms with Crippen LogP contribution in [0.15, 0.2) is 48.5 Å². The van der Waals surface area contributed by atoms with Crippen molar-refractivity contribution in [2.75, 3.05) is 5.32 Å². The van der Waals surface area contributed by atoms with E-state index in [0.29, 0.717) is 17.5 Å². The molecule has 2 aromatic rings. The minimum atomic E-state index is -0.565. The lowest BCUT2D eigenvalue weighted by Gasteiger charge is -2.09. The van der Waals surface area contributed by atoms with Gasteiger partial charge in [-0.2, -0.15) is 0 Å². The molecule has 0 aliphatic carbocycles. The second-order valence-corrected chi connectivity index (χ2v) is 6.68. The van der Waals surface area contributed by atoms with Crippen LogP contribution in [0.3, 0.4) is 0 Å². The molecule has 1 aliphatic rings. The Hall–Kier alpha value is -3.24. The molecule has 26 heavy (non-hydrogen) atoms. The van der Waals surface area contributed by atoms with Gasteiger partial charge in [-0.05, 0) is 36.2 Å². The molecule has 3 rings (SSSR count). The zero-order valence-electron chi connectivity index (χ0n) is 13.5. The third kappa shape index (κ3) is 4.43. The Kier molecular flexibility index (Phi) is 5.25. The molecule has 1 heterocycles. The van der Waals surface area contributed by atoms with Crippen LogP contribution in [0.2, 0.25) is 0 Å². The standard InChI is InChI=1S/C19H14N2O4S/c22-15-8-6-13(11-16-18(24)21-19(25)26-16)10-14(15)20-17(23)9-7-12-4-2-1-3-5-12/h1-6,8,10,16,22H,11H2,(H,20,23)(H,21,24,25). The van der Waals surface area contributed by atoms with E-state index >= 15 is 0 Å². The topological polar surface area (TPSA) is 95.5 Å². The lowest BCUT2D eigenvalue weighted by Crippen LogP contribution is -2.25. The second kappa shape index (κ2) is 7.76. The van der Waals surface area contributed by atoms with E-state index in [-0.39, 0.29) is 22.6 Å². The number of hydrogen-bond acceptors (Lipinski definition) is 5. The van der Waals surface area contributed by atoms with E-state index in [1.807, 2.05) is 18.2 Å². The average Bonchev–Trinajstić information content (AvgIpc) is 2.94. The number of benzene rings is 2. The quantitative estimate of drug-likeness (QED) is 0.572. The minimum Gasteiger partial charge on any atom is -0.506 e. The molecule has 1 fully saturated rings. The maximum absolute atomic E-state index is 12.0. The van der Waals surface area contributed by atoms with Gasteiger partial charge < -0.3 is 10.4 Å². The van der Waals surface area contributed by atoms with Crippen molar-refractivity contribution in [3.63, 3.8) is 0 Å². The molecule has 1 atom stereocenters. The van der Waals surface area contributed by atoms with E-state index in [1.165, 1.54) is 6.07 Å². The normalized spacial score (nSPS) is 15.8. The van der Waals surface area contributed by atoms with E-state index < -0.39 is 11.2 Å². The maximum atomic E-state index is 12.0. The Morgan fingerprint density at radius 1 is 1.19 bits per heavy atom. The number of amides is 3. The minimum absolute atomic E-state index is 0.108. The van der Waals surface area contributed by atoms with Crippen LogP contribution in [0, 0.1) is 11.8 Å². The van der Waals surface area contributed by atoms with Crippen LogP contribution in [0.5, 0.6) is 5.75 Å². The van der Waals surface area contributed by atoms with Crippen LogP contribution in [-0.4, -0.2) is 27.4 Å². The molecule has 7 heteroatoms. The van der Waals surface area contributed by atoms with Crippen molar-refractivity contribution in [3.8, 4) is 17.6 Å². The lowest BCUT2D eigenvalue weighted by atomic mass is 10.1. The van der Waals surface area contributed by atoms with Gasteiger partial charge in [-0.15, -0.1) is 0 Å². The van der Waals surface area contributed by atoms with Gasteiger partial charge in [0.05, 0.1) is 10.9 Å². The van der Waals surface area contributed by atoms with E-state index in [0.717, 1.165) is 11.8 Å². The predicted molar refractivity (Wildman–Crippen MR) is 98.7 cm³/mol. The number of hydrogen-bond donors (Lipinski definition) is 3. The Morgan fingerprint density at radius 2 is 1.96 bits per heavy atom. The van der Waals surface area contributed by atoms with Crippen LogP contribution in [0.25, 0.3) is 0 Å². The molecule has 6 nitrogen and oxygen atoms in total. The van der Waals surface area contributed by atoms with Crippen molar-refractivity contribution in [2.24, 2.45) is 0 Å². The number of imide groups is 1. The van der Waals surface area contributed by atoms with Gasteiger partial charge in [-0.1, -0.05) is 41.9 Å². The molecule has 1 unspecified atom stereocenters. The molecule has 3 N–H and O–H groups in total. The molecule has 2 aromatic carbocycles. The number of carbonyl (C=O) groups excluding carboxylic acids is 3. The summed E-state index contributed by atoms with van der Waals surface area (Å²) in [7, 11) is 0. The zero-order valence-corrected chi connectivity index (χ0v) is 14.3. The van der Waals surface area contributed by atoms with E-state index in [4.69, 9.17) is 0 Å². The zero-order chi connectivity index (χ0) is 18.5. The van der Waals surface area contributed by atoms with Crippen molar-refractivity contribution in [2.45, 2.75) is 11.7 Å². The number of phenols is 1. The number of thioether (sulfide) groups is 1. The summed E-state index contributed by atoms with van der Waals surface area (Å²) >= 11 is 0.926. The first-order valence-electron chi connectivity index (χ1n) is 7.72. The molecule has 0 spiro atoms. The van der Waals surface area contributed by atoms with Gasteiger partial charge in [0, 0.05) is 11.5 Å². The summed E-state index contributed by atoms with van der Waals surface area (Å²) in [5.74, 6) is 4.17. The van der Waals surface area contributed by atoms with Crippen molar-refractivity contribution in [3.05, 3.63) is 59.7 Å². The Balaban J connectivity index is 1.70. The highest BCUT2D eigenvalue weighted by Gasteiger charge is 2.31. The van der Waals surface area contributed by atoms with Gasteiger partial charge >= 0.3 is 5.91 Å². The van der Waals surface area contributed by atoms with Crippen molar-refractivity contribution in [1.82, 2.24) is 5.32 Å². The fourth-order valence-electron chi connectivity index (χ4n) is 2.36. The van der Waals surface area contributed by atoms with Gasteiger partial charge in [-0.3, -0.25) is 19.7 Å². The molecule has 0 radical (unpaired) electrons. The number of phenolic OH excluding ortho intramolecular Hbond substituents is 1. The van der Waals surface area contributed by atoms with Crippen LogP contribution in [0.1, 0.15) is 11.1 Å². The van der Waals surface area contributed by atoms with Gasteiger partial charge in [-0.25, -0.2) is 0 Å². The summed E-state index contributed by atoms with van der Waals surface area (Å²) in [6, 6.07) is 13.7. The SMILES string of the molecule is O=C(C#Cc1ccccc1)Nc1cc(CC2SC(=O)NC2=O)ccc1O. The highest BCUT2D eigenvalue weighted by molar-refractivity contribution is 8.15. The number of carbonyl (C=O) groups is 3. The molecule has 0 saturated carbocycles. The van der Waals surface area contributed by atoms with Gasteiger partial charge in [0.2, 0.25) is 5.91 Å². The molecule has 130 valence electrons. The molecule has 0 bridgehead atoms. The van der Waals surface area contributed by atoms with Crippen molar-refractivity contribution in [1.29, 1.82) is 0 Å². The monoisotopic (exact) mass is 366 g/mol. The second-order valence-electron chi connectivity index (χ2n) is 5.51. The average molecular weight is 366 g/mol. The Bertz CT molecular complexity index is 932. The number of nitrogens with one attached hydrogen (secondary N) is 2. The van der Waals surface area contributed by atoms with Crippen LogP contribution in [-0.2, 0) is 16.0 Å². The van der Waals surface area contributed by atoms with Crippen molar-refractivity contribution < 1.29 is 19.5 Å². The van der Waals surface area contributed by atoms with Crippen LogP contribution in [0.4, 0.5) is 10.5 Å². The summed E-state index contributed by atoms with van der Waals surface area (Å²) in [4.78, 5) is 34.9. The van der Waals surface area contributed by atoms with E-state index in [9.17, 15) is 19.5 Å². The maximum Gasteiger partial charge on any atom is 0.300 e. The summed E-state index contributed by atoms with van der Waals surface area (Å²) < 4.78 is 0. The van der Waals surface area contributed by atoms with Gasteiger partial charge in [0.1, 0.15) is 5.75 Å². The molecular formula is C19H14N2O4S. The Morgan fingerprint density at radius 3 is 2.65 bits per heavy atom. The number of rotatable bonds is 3. The fourth-order valence-corrected chi connectivity index (χ4v) is 3.22. The van der Waals surface area contributed by atoms with Crippen LogP contribution < -0.4 is 10.6 Å². The first-order valence-corrected chi connectivity index (χ1v) is 8.60. The third-order valence-electron chi connectivity index (χ3n) is 3.59. The molecular weight excluding hydrogens is 352 g/mol. The molecule has 3 amide bonds. The predicted octanol–water partition coefficient (Wildman–Crippen LogP) is 2.28. The van der Waals surface area contributed by atoms with Gasteiger partial charge in [0.15, 0.2) is 0 Å². The fraction of sp³-hybridized carbons (Fsp3) is 0.105. The van der Waals surface area contributed by atoms with E-state index in [1.54, 1.807) is 24.3 Å². The van der Waals surface area contributed by atoms with Crippen molar-refractivity contribution >= 4 is 34.5 Å². The highest BCUT2D eigenvalue weighted by Crippen LogP contribution is 2.28. The third-order valence-corrected chi connectivity index (χ3v) is 4.57. The first-order chi connectivity index (χ1) is 12.5. The first kappa shape index (κ1) is 17.6. The molecule has 0 aromatic heterocycles. The summed E-state index contributed by atoms with van der Waals surface area (Å²) in [6.45, 7) is 0.